The standard InChI is InChI=1S/C18H20N2O3/c1-18(2,3)13-6-8-14(9-7-13)20(4)16(21)12-5-10-15(17(22)23)19-11-12/h5-11H,1-4H3,(H,22,23). The molecule has 0 aliphatic heterocycles. The van der Waals surface area contributed by atoms with Crippen LogP contribution in [0.1, 0.15) is 47.2 Å². The highest BCUT2D eigenvalue weighted by atomic mass is 16.4. The Kier molecular flexibility index (Phi) is 4.50. The topological polar surface area (TPSA) is 70.5 Å². The molecule has 1 N–H and O–H groups in total. The van der Waals surface area contributed by atoms with Crippen molar-refractivity contribution in [2.45, 2.75) is 26.2 Å². The zero-order valence-corrected chi connectivity index (χ0v) is 13.7. The van der Waals surface area contributed by atoms with Gasteiger partial charge >= 0.3 is 5.97 Å². The Balaban J connectivity index is 2.20. The van der Waals surface area contributed by atoms with Gasteiger partial charge in [-0.15, -0.1) is 0 Å². The summed E-state index contributed by atoms with van der Waals surface area (Å²) in [6.07, 6.45) is 1.28. The molecule has 1 aromatic heterocycles. The van der Waals surface area contributed by atoms with Crippen molar-refractivity contribution in [2.24, 2.45) is 0 Å². The summed E-state index contributed by atoms with van der Waals surface area (Å²) in [5.41, 5.74) is 2.27. The molecule has 0 bridgehead atoms. The molecule has 0 radical (unpaired) electrons. The Hall–Kier alpha value is -2.69. The average molecular weight is 312 g/mol. The van der Waals surface area contributed by atoms with Crippen LogP contribution in [0.4, 0.5) is 5.69 Å². The molecule has 0 saturated heterocycles. The molecule has 5 nitrogen and oxygen atoms in total. The molecule has 2 aromatic rings. The number of amides is 1. The van der Waals surface area contributed by atoms with Crippen LogP contribution < -0.4 is 4.90 Å². The molecule has 2 rings (SSSR count). The summed E-state index contributed by atoms with van der Waals surface area (Å²) in [6.45, 7) is 6.39. The van der Waals surface area contributed by atoms with Crippen LogP contribution in [-0.4, -0.2) is 29.0 Å². The molecule has 1 aromatic carbocycles. The summed E-state index contributed by atoms with van der Waals surface area (Å²) < 4.78 is 0. The number of carboxylic acid groups (broad SMARTS) is 1. The van der Waals surface area contributed by atoms with Gasteiger partial charge in [-0.1, -0.05) is 32.9 Å². The van der Waals surface area contributed by atoms with E-state index in [1.165, 1.54) is 28.8 Å². The van der Waals surface area contributed by atoms with Crippen LogP contribution in [0.15, 0.2) is 42.6 Å². The summed E-state index contributed by atoms with van der Waals surface area (Å²) in [7, 11) is 1.68. The average Bonchev–Trinajstić information content (AvgIpc) is 2.53. The van der Waals surface area contributed by atoms with E-state index in [9.17, 15) is 9.59 Å². The fourth-order valence-corrected chi connectivity index (χ4v) is 2.14. The third kappa shape index (κ3) is 3.74. The van der Waals surface area contributed by atoms with Crippen molar-refractivity contribution in [3.63, 3.8) is 0 Å². The summed E-state index contributed by atoms with van der Waals surface area (Å²) in [5, 5.41) is 8.84. The number of benzene rings is 1. The maximum absolute atomic E-state index is 12.4. The summed E-state index contributed by atoms with van der Waals surface area (Å²) in [4.78, 5) is 28.5. The van der Waals surface area contributed by atoms with Gasteiger partial charge in [0.25, 0.3) is 5.91 Å². The zero-order chi connectivity index (χ0) is 17.2. The first-order valence-electron chi connectivity index (χ1n) is 7.28. The predicted octanol–water partition coefficient (Wildman–Crippen LogP) is 3.35. The minimum atomic E-state index is -1.12. The van der Waals surface area contributed by atoms with E-state index in [4.69, 9.17) is 5.11 Å². The Bertz CT molecular complexity index is 713. The lowest BCUT2D eigenvalue weighted by atomic mass is 9.87. The van der Waals surface area contributed by atoms with Crippen molar-refractivity contribution in [3.8, 4) is 0 Å². The highest BCUT2D eigenvalue weighted by molar-refractivity contribution is 6.05. The monoisotopic (exact) mass is 312 g/mol. The molecule has 5 heteroatoms. The Labute approximate surface area is 135 Å². The van der Waals surface area contributed by atoms with Gasteiger partial charge in [-0.2, -0.15) is 0 Å². The van der Waals surface area contributed by atoms with Crippen LogP contribution in [0.2, 0.25) is 0 Å². The van der Waals surface area contributed by atoms with Crippen molar-refractivity contribution in [1.82, 2.24) is 4.98 Å². The highest BCUT2D eigenvalue weighted by Crippen LogP contribution is 2.25. The number of pyridine rings is 1. The van der Waals surface area contributed by atoms with Gasteiger partial charge in [-0.25, -0.2) is 9.78 Å². The number of carbonyl (C=O) groups excluding carboxylic acids is 1. The number of rotatable bonds is 3. The van der Waals surface area contributed by atoms with Crippen molar-refractivity contribution >= 4 is 17.6 Å². The van der Waals surface area contributed by atoms with E-state index in [-0.39, 0.29) is 17.0 Å². The SMILES string of the molecule is CN(C(=O)c1ccc(C(=O)O)nc1)c1ccc(C(C)(C)C)cc1. The van der Waals surface area contributed by atoms with Crippen molar-refractivity contribution in [2.75, 3.05) is 11.9 Å². The maximum atomic E-state index is 12.4. The molecule has 0 fully saturated rings. The van der Waals surface area contributed by atoms with Gasteiger partial charge < -0.3 is 10.0 Å². The van der Waals surface area contributed by atoms with Crippen LogP contribution in [-0.2, 0) is 5.41 Å². The second-order valence-corrected chi connectivity index (χ2v) is 6.40. The molecule has 1 heterocycles. The van der Waals surface area contributed by atoms with Gasteiger partial charge in [-0.05, 0) is 35.2 Å². The molecule has 0 saturated carbocycles. The van der Waals surface area contributed by atoms with E-state index in [1.54, 1.807) is 7.05 Å². The molecular weight excluding hydrogens is 292 g/mol. The fourth-order valence-electron chi connectivity index (χ4n) is 2.14. The highest BCUT2D eigenvalue weighted by Gasteiger charge is 2.17. The quantitative estimate of drug-likeness (QED) is 0.943. The van der Waals surface area contributed by atoms with Crippen LogP contribution in [0.25, 0.3) is 0 Å². The van der Waals surface area contributed by atoms with Crippen molar-refractivity contribution < 1.29 is 14.7 Å². The Morgan fingerprint density at radius 3 is 2.09 bits per heavy atom. The third-order valence-electron chi connectivity index (χ3n) is 3.65. The van der Waals surface area contributed by atoms with Gasteiger partial charge in [0.1, 0.15) is 5.69 Å². The van der Waals surface area contributed by atoms with Crippen LogP contribution in [0.3, 0.4) is 0 Å². The van der Waals surface area contributed by atoms with E-state index < -0.39 is 5.97 Å². The van der Waals surface area contributed by atoms with E-state index in [1.807, 2.05) is 24.3 Å². The summed E-state index contributed by atoms with van der Waals surface area (Å²) in [6, 6.07) is 10.6. The van der Waals surface area contributed by atoms with Crippen LogP contribution in [0.5, 0.6) is 0 Å². The number of carbonyl (C=O) groups is 2. The lowest BCUT2D eigenvalue weighted by Gasteiger charge is -2.22. The smallest absolute Gasteiger partial charge is 0.354 e. The van der Waals surface area contributed by atoms with E-state index in [2.05, 4.69) is 25.8 Å². The van der Waals surface area contributed by atoms with Crippen LogP contribution >= 0.6 is 0 Å². The Morgan fingerprint density at radius 2 is 1.65 bits per heavy atom. The lowest BCUT2D eigenvalue weighted by molar-refractivity contribution is 0.0690. The van der Waals surface area contributed by atoms with E-state index >= 15 is 0 Å². The minimum Gasteiger partial charge on any atom is -0.477 e. The van der Waals surface area contributed by atoms with E-state index in [0.717, 1.165) is 5.69 Å². The lowest BCUT2D eigenvalue weighted by Crippen LogP contribution is -2.26. The Morgan fingerprint density at radius 1 is 1.04 bits per heavy atom. The number of hydrogen-bond donors (Lipinski definition) is 1. The van der Waals surface area contributed by atoms with Gasteiger partial charge in [0, 0.05) is 18.9 Å². The molecule has 0 atom stereocenters. The zero-order valence-electron chi connectivity index (χ0n) is 13.7. The molecule has 120 valence electrons. The fraction of sp³-hybridized carbons (Fsp3) is 0.278. The third-order valence-corrected chi connectivity index (χ3v) is 3.65. The predicted molar refractivity (Wildman–Crippen MR) is 89.1 cm³/mol. The normalized spacial score (nSPS) is 11.1. The van der Waals surface area contributed by atoms with Gasteiger partial charge in [0.15, 0.2) is 0 Å². The second-order valence-electron chi connectivity index (χ2n) is 6.40. The minimum absolute atomic E-state index is 0.0533. The van der Waals surface area contributed by atoms with Crippen molar-refractivity contribution in [3.05, 3.63) is 59.4 Å². The number of carboxylic acids is 1. The first kappa shape index (κ1) is 16.7. The molecule has 0 aliphatic carbocycles. The first-order chi connectivity index (χ1) is 10.7. The second kappa shape index (κ2) is 6.20. The molecule has 1 amide bonds. The maximum Gasteiger partial charge on any atom is 0.354 e. The largest absolute Gasteiger partial charge is 0.477 e. The number of aromatic nitrogens is 1. The van der Waals surface area contributed by atoms with Crippen molar-refractivity contribution in [1.29, 1.82) is 0 Å². The number of aromatic carboxylic acids is 1. The summed E-state index contributed by atoms with van der Waals surface area (Å²) in [5.74, 6) is -1.35. The molecule has 0 spiro atoms. The summed E-state index contributed by atoms with van der Waals surface area (Å²) >= 11 is 0. The number of hydrogen-bond acceptors (Lipinski definition) is 3. The number of nitrogens with zero attached hydrogens (tertiary/aromatic N) is 2. The molecular formula is C18H20N2O3. The first-order valence-corrected chi connectivity index (χ1v) is 7.28. The molecule has 23 heavy (non-hydrogen) atoms. The van der Waals surface area contributed by atoms with Gasteiger partial charge in [-0.3, -0.25) is 4.79 Å². The molecule has 0 aliphatic rings. The van der Waals surface area contributed by atoms with Gasteiger partial charge in [0.05, 0.1) is 5.56 Å². The molecule has 0 unspecified atom stereocenters. The van der Waals surface area contributed by atoms with Gasteiger partial charge in [0.2, 0.25) is 0 Å². The van der Waals surface area contributed by atoms with Crippen LogP contribution in [0, 0.1) is 0 Å². The van der Waals surface area contributed by atoms with E-state index in [0.29, 0.717) is 5.56 Å². The number of anilines is 1.